The molecule has 2 heterocycles. The fourth-order valence-corrected chi connectivity index (χ4v) is 3.41. The van der Waals surface area contributed by atoms with E-state index in [0.717, 1.165) is 33.5 Å². The van der Waals surface area contributed by atoms with Crippen LogP contribution in [0.4, 0.5) is 0 Å². The number of para-hydroxylation sites is 5. The number of carbonyl (C=O) groups excluding carboxylic acids is 1. The number of fused-ring (bicyclic) bond motifs is 5. The normalized spacial score (nSPS) is 10.8. The summed E-state index contributed by atoms with van der Waals surface area (Å²) in [5.41, 5.74) is 5.43. The van der Waals surface area contributed by atoms with Gasteiger partial charge in [0.1, 0.15) is 0 Å². The number of imidazole rings is 2. The topological polar surface area (TPSA) is 59.5 Å². The molecule has 3 aromatic carbocycles. The molecule has 0 unspecified atom stereocenters. The number of hydrogen-bond acceptors (Lipinski definition) is 3. The Balaban J connectivity index is 0.000000335. The van der Waals surface area contributed by atoms with Gasteiger partial charge in [-0.25, -0.2) is 4.98 Å². The van der Waals surface area contributed by atoms with Crippen LogP contribution in [0, 0.1) is 6.07 Å². The molecule has 5 rings (SSSR count). The van der Waals surface area contributed by atoms with Crippen LogP contribution in [0.1, 0.15) is 13.8 Å². The van der Waals surface area contributed by atoms with Crippen molar-refractivity contribution in [2.24, 2.45) is 0 Å². The first-order chi connectivity index (χ1) is 14.1. The zero-order valence-corrected chi connectivity index (χ0v) is 21.7. The molecule has 0 spiro atoms. The average molecular weight is 767 g/mol. The van der Waals surface area contributed by atoms with Crippen molar-refractivity contribution < 1.29 is 50.1 Å². The van der Waals surface area contributed by atoms with Crippen molar-refractivity contribution in [1.29, 1.82) is 0 Å². The van der Waals surface area contributed by atoms with E-state index in [4.69, 9.17) is 10.1 Å². The van der Waals surface area contributed by atoms with E-state index in [9.17, 15) is 4.79 Å². The number of carbonyl (C=O) groups is 1. The molecule has 2 radical (unpaired) electrons. The number of allylic oxidation sites excluding steroid dienone is 2. The maximum absolute atomic E-state index is 10.0. The Morgan fingerprint density at radius 3 is 2.10 bits per heavy atom. The number of nitrogens with zero attached hydrogens (tertiary/aromatic N) is 3. The van der Waals surface area contributed by atoms with E-state index in [1.54, 1.807) is 0 Å². The molecule has 0 bridgehead atoms. The van der Waals surface area contributed by atoms with Gasteiger partial charge in [0.2, 0.25) is 5.78 Å². The predicted molar refractivity (Wildman–Crippen MR) is 115 cm³/mol. The summed E-state index contributed by atoms with van der Waals surface area (Å²) in [6, 6.07) is 27.9. The number of aromatic nitrogens is 3. The molecule has 0 aliphatic carbocycles. The number of rotatable bonds is 2. The van der Waals surface area contributed by atoms with Gasteiger partial charge in [-0.3, -0.25) is 9.20 Å². The molecule has 2 aromatic heterocycles. The monoisotopic (exact) mass is 768 g/mol. The van der Waals surface area contributed by atoms with Gasteiger partial charge in [0.05, 0.1) is 27.8 Å². The summed E-state index contributed by atoms with van der Waals surface area (Å²) >= 11 is 0. The minimum Gasteiger partial charge on any atom is -0.512 e. The van der Waals surface area contributed by atoms with Crippen LogP contribution in [0.3, 0.4) is 0 Å². The summed E-state index contributed by atoms with van der Waals surface area (Å²) < 4.78 is 4.38. The fraction of sp³-hybridized carbons (Fsp3) is 0.0833. The maximum Gasteiger partial charge on any atom is 0.218 e. The Kier molecular flexibility index (Phi) is 8.49. The van der Waals surface area contributed by atoms with E-state index >= 15 is 0 Å². The molecule has 0 aliphatic heterocycles. The van der Waals surface area contributed by atoms with Crippen molar-refractivity contribution in [1.82, 2.24) is 14.0 Å². The van der Waals surface area contributed by atoms with Crippen molar-refractivity contribution in [3.8, 4) is 5.69 Å². The fourth-order valence-electron chi connectivity index (χ4n) is 3.41. The van der Waals surface area contributed by atoms with Crippen LogP contribution in [0.5, 0.6) is 0 Å². The molecule has 31 heavy (non-hydrogen) atoms. The molecule has 7 heteroatoms. The summed E-state index contributed by atoms with van der Waals surface area (Å²) in [7, 11) is 0. The van der Waals surface area contributed by atoms with Crippen LogP contribution in [-0.2, 0) is 45.0 Å². The van der Waals surface area contributed by atoms with Crippen LogP contribution in [0.25, 0.3) is 33.5 Å². The molecule has 0 fully saturated rings. The number of aliphatic hydroxyl groups is 1. The van der Waals surface area contributed by atoms with Crippen LogP contribution in [-0.4, -0.2) is 24.8 Å². The average Bonchev–Trinajstić information content (AvgIpc) is 3.22. The van der Waals surface area contributed by atoms with E-state index in [-0.39, 0.29) is 51.8 Å². The molecule has 0 saturated heterocycles. The summed E-state index contributed by atoms with van der Waals surface area (Å²) in [5, 5.41) is 8.36. The second-order valence-corrected chi connectivity index (χ2v) is 6.70. The molecule has 0 amide bonds. The van der Waals surface area contributed by atoms with E-state index < -0.39 is 0 Å². The third-order valence-electron chi connectivity index (χ3n) is 4.45. The van der Waals surface area contributed by atoms with Gasteiger partial charge in [-0.05, 0) is 38.1 Å². The van der Waals surface area contributed by atoms with E-state index in [0.29, 0.717) is 0 Å². The zero-order chi connectivity index (χ0) is 20.4. The summed E-state index contributed by atoms with van der Waals surface area (Å²) in [6.07, 6.45) is 1.17. The molecular weight excluding hydrogens is 747 g/mol. The van der Waals surface area contributed by atoms with Crippen molar-refractivity contribution in [2.75, 3.05) is 0 Å². The van der Waals surface area contributed by atoms with Crippen LogP contribution in [0.2, 0.25) is 0 Å². The van der Waals surface area contributed by atoms with Crippen molar-refractivity contribution >= 4 is 33.6 Å². The van der Waals surface area contributed by atoms with Crippen molar-refractivity contribution in [3.05, 3.63) is 90.7 Å². The molecule has 0 aliphatic rings. The standard InChI is InChI=1S/C19H12N3.C5H8O2.2Ir/c1-2-8-14(9-3-1)21-17-12-6-7-13-18(17)22-16-11-5-4-10-15(16)20-19(21)22;1-4(6)3-5(2)7;;/h1-8,10-13H;3,6H,1-2H3;;/q-1;;;. The van der Waals surface area contributed by atoms with Crippen molar-refractivity contribution in [3.63, 3.8) is 0 Å². The minimum absolute atomic E-state index is 0. The summed E-state index contributed by atoms with van der Waals surface area (Å²) in [6.45, 7) is 2.85. The smallest absolute Gasteiger partial charge is 0.218 e. The van der Waals surface area contributed by atoms with E-state index in [1.165, 1.54) is 19.9 Å². The molecule has 0 saturated carbocycles. The molecule has 5 aromatic rings. The Morgan fingerprint density at radius 2 is 1.52 bits per heavy atom. The van der Waals surface area contributed by atoms with Crippen LogP contribution < -0.4 is 0 Å². The second-order valence-electron chi connectivity index (χ2n) is 6.70. The summed E-state index contributed by atoms with van der Waals surface area (Å²) in [5.74, 6) is 0.859. The van der Waals surface area contributed by atoms with Gasteiger partial charge in [0, 0.05) is 46.3 Å². The number of benzene rings is 3. The SMILES string of the molecule is CC(=O)C=C(C)O.[Ir].[Ir].[c-]1ccccc1-n1c2ccccc2n2c3ccccc3nc12. The Morgan fingerprint density at radius 1 is 0.903 bits per heavy atom. The number of aliphatic hydroxyl groups excluding tert-OH is 1. The molecule has 162 valence electrons. The first kappa shape index (κ1) is 24.7. The molecule has 1 N–H and O–H groups in total. The minimum atomic E-state index is -0.125. The summed E-state index contributed by atoms with van der Waals surface area (Å²) in [4.78, 5) is 14.9. The van der Waals surface area contributed by atoms with Crippen LogP contribution in [0.15, 0.2) is 84.6 Å². The Bertz CT molecular complexity index is 1350. The predicted octanol–water partition coefficient (Wildman–Crippen LogP) is 5.26. The Hall–Kier alpha value is -2.56. The molecular formula is C24H20Ir2N3O2-. The van der Waals surface area contributed by atoms with Gasteiger partial charge >= 0.3 is 0 Å². The third-order valence-corrected chi connectivity index (χ3v) is 4.45. The van der Waals surface area contributed by atoms with Gasteiger partial charge in [-0.1, -0.05) is 30.0 Å². The van der Waals surface area contributed by atoms with Gasteiger partial charge in [0.15, 0.2) is 5.78 Å². The Labute approximate surface area is 207 Å². The third kappa shape index (κ3) is 5.03. The van der Waals surface area contributed by atoms with E-state index in [2.05, 4.69) is 63.6 Å². The second kappa shape index (κ2) is 10.6. The first-order valence-electron chi connectivity index (χ1n) is 9.28. The largest absolute Gasteiger partial charge is 0.512 e. The quantitative estimate of drug-likeness (QED) is 0.152. The van der Waals surface area contributed by atoms with Gasteiger partial charge in [-0.15, -0.1) is 6.07 Å². The van der Waals surface area contributed by atoms with E-state index in [1.807, 2.05) is 24.3 Å². The number of ketones is 1. The van der Waals surface area contributed by atoms with Gasteiger partial charge in [-0.2, -0.15) is 24.3 Å². The maximum atomic E-state index is 10.0. The van der Waals surface area contributed by atoms with Crippen molar-refractivity contribution in [2.45, 2.75) is 13.8 Å². The molecule has 5 nitrogen and oxygen atoms in total. The van der Waals surface area contributed by atoms with Gasteiger partial charge in [0.25, 0.3) is 0 Å². The van der Waals surface area contributed by atoms with Gasteiger partial charge < -0.3 is 9.67 Å². The zero-order valence-electron chi connectivity index (χ0n) is 16.9. The first-order valence-corrected chi connectivity index (χ1v) is 9.28. The molecule has 0 atom stereocenters. The van der Waals surface area contributed by atoms with Crippen LogP contribution >= 0.6 is 0 Å². The number of hydrogen-bond donors (Lipinski definition) is 1.